The molecule has 0 amide bonds. The van der Waals surface area contributed by atoms with Gasteiger partial charge in [0.15, 0.2) is 0 Å². The second-order valence-corrected chi connectivity index (χ2v) is 3.40. The van der Waals surface area contributed by atoms with Crippen molar-refractivity contribution in [1.82, 2.24) is 0 Å². The second-order valence-electron chi connectivity index (χ2n) is 3.40. The molecule has 0 radical (unpaired) electrons. The van der Waals surface area contributed by atoms with Crippen molar-refractivity contribution in [3.05, 3.63) is 29.6 Å². The summed E-state index contributed by atoms with van der Waals surface area (Å²) in [5, 5.41) is 0. The fraction of sp³-hybridized carbons (Fsp3) is 0.364. The molecule has 1 rings (SSSR count). The van der Waals surface area contributed by atoms with Crippen LogP contribution in [0.5, 0.6) is 0 Å². The maximum Gasteiger partial charge on any atom is 0.234 e. The van der Waals surface area contributed by atoms with Gasteiger partial charge in [-0.2, -0.15) is 0 Å². The van der Waals surface area contributed by atoms with E-state index in [0.29, 0.717) is 18.7 Å². The summed E-state index contributed by atoms with van der Waals surface area (Å²) < 4.78 is 13.5. The molecule has 0 aliphatic heterocycles. The highest BCUT2D eigenvalue weighted by Gasteiger charge is 2.04. The van der Waals surface area contributed by atoms with E-state index in [-0.39, 0.29) is 5.82 Å². The van der Waals surface area contributed by atoms with Crippen LogP contribution in [0.15, 0.2) is 23.2 Å². The number of nitrogens with zero attached hydrogens (tertiary/aromatic N) is 2. The molecule has 0 aromatic heterocycles. The van der Waals surface area contributed by atoms with Crippen molar-refractivity contribution in [3.8, 4) is 0 Å². The van der Waals surface area contributed by atoms with Gasteiger partial charge in [-0.1, -0.05) is 6.07 Å². The Bertz CT molecular complexity index is 384. The van der Waals surface area contributed by atoms with Crippen molar-refractivity contribution in [2.24, 2.45) is 4.99 Å². The number of isocyanates is 1. The number of anilines is 1. The smallest absolute Gasteiger partial charge is 0.234 e. The van der Waals surface area contributed by atoms with Gasteiger partial charge in [0.2, 0.25) is 6.08 Å². The molecular formula is C11H13FN2O. The lowest BCUT2D eigenvalue weighted by Crippen LogP contribution is -2.10. The number of rotatable bonds is 4. The normalized spacial score (nSPS) is 9.53. The van der Waals surface area contributed by atoms with Crippen molar-refractivity contribution in [2.75, 3.05) is 25.5 Å². The van der Waals surface area contributed by atoms with E-state index in [1.807, 2.05) is 6.07 Å². The number of aliphatic imine (C=N–C) groups is 1. The zero-order valence-electron chi connectivity index (χ0n) is 8.83. The molecule has 80 valence electrons. The highest BCUT2D eigenvalue weighted by atomic mass is 19.1. The largest absolute Gasteiger partial charge is 0.375 e. The van der Waals surface area contributed by atoms with Gasteiger partial charge in [0, 0.05) is 14.1 Å². The van der Waals surface area contributed by atoms with E-state index in [4.69, 9.17) is 0 Å². The topological polar surface area (TPSA) is 32.7 Å². The van der Waals surface area contributed by atoms with Gasteiger partial charge in [0.05, 0.1) is 12.2 Å². The van der Waals surface area contributed by atoms with Gasteiger partial charge in [0.1, 0.15) is 5.82 Å². The van der Waals surface area contributed by atoms with Gasteiger partial charge in [-0.15, -0.1) is 0 Å². The molecule has 0 unspecified atom stereocenters. The summed E-state index contributed by atoms with van der Waals surface area (Å²) in [6.07, 6.45) is 2.01. The Labute approximate surface area is 88.2 Å². The van der Waals surface area contributed by atoms with Gasteiger partial charge in [0.25, 0.3) is 0 Å². The maximum atomic E-state index is 13.5. The van der Waals surface area contributed by atoms with E-state index in [1.54, 1.807) is 25.1 Å². The molecular weight excluding hydrogens is 195 g/mol. The van der Waals surface area contributed by atoms with Crippen LogP contribution >= 0.6 is 0 Å². The first kappa shape index (κ1) is 11.4. The molecule has 3 nitrogen and oxygen atoms in total. The minimum Gasteiger partial charge on any atom is -0.375 e. The van der Waals surface area contributed by atoms with Crippen molar-refractivity contribution in [2.45, 2.75) is 6.42 Å². The van der Waals surface area contributed by atoms with Crippen molar-refractivity contribution >= 4 is 11.8 Å². The summed E-state index contributed by atoms with van der Waals surface area (Å²) >= 11 is 0. The predicted octanol–water partition coefficient (Wildman–Crippen LogP) is 1.77. The molecule has 0 saturated heterocycles. The molecule has 0 aliphatic rings. The molecule has 0 atom stereocenters. The third-order valence-electron chi connectivity index (χ3n) is 2.07. The molecule has 0 spiro atoms. The van der Waals surface area contributed by atoms with Crippen molar-refractivity contribution in [1.29, 1.82) is 0 Å². The molecule has 1 aromatic rings. The number of hydrogen-bond acceptors (Lipinski definition) is 3. The Kier molecular flexibility index (Phi) is 4.01. The lowest BCUT2D eigenvalue weighted by molar-refractivity contribution is 0.563. The average molecular weight is 208 g/mol. The summed E-state index contributed by atoms with van der Waals surface area (Å²) in [5.74, 6) is -0.257. The maximum absolute atomic E-state index is 13.5. The molecule has 0 bridgehead atoms. The molecule has 0 heterocycles. The van der Waals surface area contributed by atoms with Crippen LogP contribution in [0, 0.1) is 5.82 Å². The van der Waals surface area contributed by atoms with Crippen LogP contribution in [0.1, 0.15) is 5.56 Å². The van der Waals surface area contributed by atoms with Gasteiger partial charge >= 0.3 is 0 Å². The summed E-state index contributed by atoms with van der Waals surface area (Å²) in [4.78, 5) is 15.0. The van der Waals surface area contributed by atoms with E-state index >= 15 is 0 Å². The first-order valence-corrected chi connectivity index (χ1v) is 4.64. The first-order valence-electron chi connectivity index (χ1n) is 4.64. The molecule has 1 aromatic carbocycles. The molecule has 4 heteroatoms. The fourth-order valence-electron chi connectivity index (χ4n) is 1.30. The van der Waals surface area contributed by atoms with Gasteiger partial charge in [-0.25, -0.2) is 14.2 Å². The summed E-state index contributed by atoms with van der Waals surface area (Å²) in [5.41, 5.74) is 1.38. The van der Waals surface area contributed by atoms with Crippen LogP contribution in [0.25, 0.3) is 0 Å². The van der Waals surface area contributed by atoms with Crippen LogP contribution in [-0.4, -0.2) is 26.7 Å². The number of carbonyl (C=O) groups excluding carboxylic acids is 1. The third-order valence-corrected chi connectivity index (χ3v) is 2.07. The average Bonchev–Trinajstić information content (AvgIpc) is 2.17. The van der Waals surface area contributed by atoms with E-state index < -0.39 is 0 Å². The Morgan fingerprint density at radius 2 is 2.20 bits per heavy atom. The monoisotopic (exact) mass is 208 g/mol. The molecule has 0 N–H and O–H groups in total. The molecule has 0 aliphatic carbocycles. The Morgan fingerprint density at radius 1 is 1.47 bits per heavy atom. The van der Waals surface area contributed by atoms with Crippen LogP contribution in [0.3, 0.4) is 0 Å². The second kappa shape index (κ2) is 5.27. The number of halogens is 1. The summed E-state index contributed by atoms with van der Waals surface area (Å²) in [6, 6.07) is 5.02. The SMILES string of the molecule is CN(C)c1ccc(CCN=C=O)cc1F. The van der Waals surface area contributed by atoms with Crippen LogP contribution in [0.2, 0.25) is 0 Å². The Morgan fingerprint density at radius 3 is 2.73 bits per heavy atom. The first-order chi connectivity index (χ1) is 7.15. The summed E-state index contributed by atoms with van der Waals surface area (Å²) in [6.45, 7) is 0.351. The molecule has 0 saturated carbocycles. The standard InChI is InChI=1S/C11H13FN2O/c1-14(2)11-4-3-9(7-10(11)12)5-6-13-8-15/h3-4,7H,5-6H2,1-2H3. The molecule has 0 fully saturated rings. The molecule has 15 heavy (non-hydrogen) atoms. The van der Waals surface area contributed by atoms with Gasteiger partial charge < -0.3 is 4.90 Å². The highest BCUT2D eigenvalue weighted by Crippen LogP contribution is 2.18. The minimum absolute atomic E-state index is 0.257. The van der Waals surface area contributed by atoms with Crippen LogP contribution in [0.4, 0.5) is 10.1 Å². The summed E-state index contributed by atoms with van der Waals surface area (Å²) in [7, 11) is 3.57. The highest BCUT2D eigenvalue weighted by molar-refractivity contribution is 5.47. The van der Waals surface area contributed by atoms with E-state index in [0.717, 1.165) is 5.56 Å². The number of benzene rings is 1. The van der Waals surface area contributed by atoms with E-state index in [9.17, 15) is 9.18 Å². The zero-order chi connectivity index (χ0) is 11.3. The van der Waals surface area contributed by atoms with Gasteiger partial charge in [-0.05, 0) is 24.1 Å². The third kappa shape index (κ3) is 3.18. The zero-order valence-corrected chi connectivity index (χ0v) is 8.83. The van der Waals surface area contributed by atoms with Crippen molar-refractivity contribution in [3.63, 3.8) is 0 Å². The van der Waals surface area contributed by atoms with E-state index in [2.05, 4.69) is 4.99 Å². The fourth-order valence-corrected chi connectivity index (χ4v) is 1.30. The van der Waals surface area contributed by atoms with Crippen molar-refractivity contribution < 1.29 is 9.18 Å². The van der Waals surface area contributed by atoms with E-state index in [1.165, 1.54) is 12.1 Å². The minimum atomic E-state index is -0.257. The Hall–Kier alpha value is -1.67. The lowest BCUT2D eigenvalue weighted by Gasteiger charge is -2.13. The number of hydrogen-bond donors (Lipinski definition) is 0. The predicted molar refractivity (Wildman–Crippen MR) is 57.4 cm³/mol. The lowest BCUT2D eigenvalue weighted by atomic mass is 10.1. The quantitative estimate of drug-likeness (QED) is 0.558. The van der Waals surface area contributed by atoms with Crippen LogP contribution < -0.4 is 4.90 Å². The van der Waals surface area contributed by atoms with Gasteiger partial charge in [-0.3, -0.25) is 0 Å². The van der Waals surface area contributed by atoms with Crippen LogP contribution in [-0.2, 0) is 11.2 Å². The Balaban J connectivity index is 2.77.